The van der Waals surface area contributed by atoms with Crippen molar-refractivity contribution in [3.05, 3.63) is 93.0 Å². The Morgan fingerprint density at radius 3 is 2.25 bits per heavy atom. The summed E-state index contributed by atoms with van der Waals surface area (Å²) in [5.41, 5.74) is -2.81. The number of nitrogens with one attached hydrogen (secondary N) is 2. The molecule has 23 heteroatoms. The average Bonchev–Trinajstić information content (AvgIpc) is 3.80. The summed E-state index contributed by atoms with van der Waals surface area (Å²) in [7, 11) is -7.83. The molecule has 63 heavy (non-hydrogen) atoms. The maximum absolute atomic E-state index is 15.1. The number of aromatic nitrogens is 5. The molecule has 1 amide bonds. The van der Waals surface area contributed by atoms with Crippen LogP contribution in [-0.2, 0) is 56.5 Å². The molecule has 3 aromatic heterocycles. The monoisotopic (exact) mass is 945 g/mol. The van der Waals surface area contributed by atoms with Crippen LogP contribution in [0.15, 0.2) is 42.5 Å². The fourth-order valence-electron chi connectivity index (χ4n) is 7.19. The topological polar surface area (TPSA) is 158 Å². The first kappa shape index (κ1) is 45.7. The van der Waals surface area contributed by atoms with E-state index in [0.29, 0.717) is 23.6 Å². The van der Waals surface area contributed by atoms with Crippen LogP contribution in [0.2, 0.25) is 5.02 Å². The second-order valence-corrected chi connectivity index (χ2v) is 20.7. The number of halogens is 9. The second kappa shape index (κ2) is 16.7. The van der Waals surface area contributed by atoms with Gasteiger partial charge in [0.1, 0.15) is 46.6 Å². The highest BCUT2D eigenvalue weighted by molar-refractivity contribution is 7.93. The number of hydrogen-bond acceptors (Lipinski definition) is 8. The normalized spacial score (nSPS) is 15.7. The smallest absolute Gasteiger partial charge is 0.290 e. The van der Waals surface area contributed by atoms with E-state index in [2.05, 4.69) is 37.1 Å². The predicted octanol–water partition coefficient (Wildman–Crippen LogP) is 7.65. The van der Waals surface area contributed by atoms with Gasteiger partial charge in [-0.05, 0) is 81.3 Å². The van der Waals surface area contributed by atoms with E-state index in [0.717, 1.165) is 23.1 Å². The highest BCUT2D eigenvalue weighted by Crippen LogP contribution is 2.45. The molecule has 1 fully saturated rings. The third-order valence-corrected chi connectivity index (χ3v) is 14.7. The van der Waals surface area contributed by atoms with E-state index in [-0.39, 0.29) is 49.8 Å². The number of nitrogens with zero attached hydrogens (tertiary/aromatic N) is 5. The summed E-state index contributed by atoms with van der Waals surface area (Å²) in [5, 5.41) is 9.38. The molecule has 1 atom stereocenters. The molecule has 0 aliphatic heterocycles. The van der Waals surface area contributed by atoms with Crippen molar-refractivity contribution in [2.45, 2.75) is 93.9 Å². The molecule has 0 saturated heterocycles. The molecule has 2 aliphatic rings. The minimum absolute atomic E-state index is 0.00804. The summed E-state index contributed by atoms with van der Waals surface area (Å²) >= 11 is 6.61. The fraction of sp³-hybridized carbons (Fsp3) is 0.400. The first-order chi connectivity index (χ1) is 29.3. The molecule has 0 bridgehead atoms. The Bertz CT molecular complexity index is 2930. The quantitative estimate of drug-likeness (QED) is 0.0850. The highest BCUT2D eigenvalue weighted by atomic mass is 35.5. The van der Waals surface area contributed by atoms with Crippen molar-refractivity contribution in [1.82, 2.24) is 29.9 Å². The van der Waals surface area contributed by atoms with Crippen LogP contribution in [0.4, 0.5) is 40.9 Å². The molecule has 0 radical (unpaired) electrons. The van der Waals surface area contributed by atoms with E-state index < -0.39 is 122 Å². The molecule has 0 unspecified atom stereocenters. The van der Waals surface area contributed by atoms with Crippen molar-refractivity contribution in [2.24, 2.45) is 0 Å². The van der Waals surface area contributed by atoms with Gasteiger partial charge in [-0.15, -0.1) is 0 Å². The molecule has 3 heterocycles. The van der Waals surface area contributed by atoms with Gasteiger partial charge in [-0.1, -0.05) is 23.6 Å². The van der Waals surface area contributed by atoms with E-state index in [1.54, 1.807) is 0 Å². The number of carbonyl (C=O) groups is 1. The molecule has 12 nitrogen and oxygen atoms in total. The standard InChI is InChI=1S/C40H36ClF8N7O5S2/c1-39(2,62(3,58)59)12-10-23-4-7-25(26-8-9-28(41)32-35(26)55(18-30(44)45)53-38(32)54-63(60,61)24-5-6-24)33(50-23)29(16-20-14-21(42)17-22(43)15-20)51-31(57)19-56-36-27(11-13-40(36,48)49)34(52-56)37(46)47/h4,7-9,14-15,17,24,29-30,37H,5-6,11,13,16,18-19H2,1-3H3,(H,51,57)(H,53,54)/t29-/m0/s1. The largest absolute Gasteiger partial charge is 0.346 e. The van der Waals surface area contributed by atoms with E-state index in [4.69, 9.17) is 11.6 Å². The van der Waals surface area contributed by atoms with Gasteiger partial charge in [0.25, 0.3) is 18.8 Å². The minimum atomic E-state index is -4.04. The molecule has 1 saturated carbocycles. The maximum atomic E-state index is 15.1. The van der Waals surface area contributed by atoms with Gasteiger partial charge in [-0.3, -0.25) is 18.9 Å². The summed E-state index contributed by atoms with van der Waals surface area (Å²) in [6, 6.07) is 6.22. The number of amides is 1. The van der Waals surface area contributed by atoms with Crippen molar-refractivity contribution < 1.29 is 56.8 Å². The Hall–Kier alpha value is -5.27. The van der Waals surface area contributed by atoms with Gasteiger partial charge in [-0.25, -0.2) is 48.2 Å². The molecule has 336 valence electrons. The third-order valence-electron chi connectivity index (χ3n) is 10.6. The zero-order valence-corrected chi connectivity index (χ0v) is 35.7. The lowest BCUT2D eigenvalue weighted by molar-refractivity contribution is -0.122. The molecule has 0 spiro atoms. The Morgan fingerprint density at radius 1 is 0.968 bits per heavy atom. The number of sulfonamides is 1. The van der Waals surface area contributed by atoms with Crippen LogP contribution >= 0.6 is 11.6 Å². The van der Waals surface area contributed by atoms with Crippen LogP contribution in [0.1, 0.15) is 79.5 Å². The van der Waals surface area contributed by atoms with E-state index in [9.17, 15) is 48.0 Å². The first-order valence-electron chi connectivity index (χ1n) is 19.1. The number of carbonyl (C=O) groups excluding carboxylic acids is 1. The Kier molecular flexibility index (Phi) is 12.1. The summed E-state index contributed by atoms with van der Waals surface area (Å²) in [6.07, 6.45) is -6.41. The van der Waals surface area contributed by atoms with Crippen LogP contribution in [-0.4, -0.2) is 70.0 Å². The summed E-state index contributed by atoms with van der Waals surface area (Å²) in [5.74, 6) is -1.90. The van der Waals surface area contributed by atoms with E-state index in [1.807, 2.05) is 0 Å². The Morgan fingerprint density at radius 2 is 1.63 bits per heavy atom. The van der Waals surface area contributed by atoms with Crippen LogP contribution < -0.4 is 10.0 Å². The van der Waals surface area contributed by atoms with E-state index in [1.165, 1.54) is 38.1 Å². The van der Waals surface area contributed by atoms with Gasteiger partial charge in [0.2, 0.25) is 15.9 Å². The van der Waals surface area contributed by atoms with Gasteiger partial charge in [0.05, 0.1) is 32.9 Å². The predicted molar refractivity (Wildman–Crippen MR) is 216 cm³/mol. The number of fused-ring (bicyclic) bond motifs is 2. The van der Waals surface area contributed by atoms with E-state index >= 15 is 8.78 Å². The SMILES string of the molecule is CC(C)(C#Cc1ccc(-c2ccc(Cl)c3c(NS(=O)(=O)C4CC4)nn(CC(F)F)c23)c([C@H](Cc2cc(F)cc(F)c2)NC(=O)Cn2nc(C(F)F)c3c2C(F)(F)CC3)n1)S(C)(=O)=O. The number of pyridine rings is 1. The lowest BCUT2D eigenvalue weighted by atomic mass is 9.93. The summed E-state index contributed by atoms with van der Waals surface area (Å²) < 4.78 is 169. The van der Waals surface area contributed by atoms with Crippen molar-refractivity contribution in [1.29, 1.82) is 0 Å². The molecule has 2 N–H and O–H groups in total. The van der Waals surface area contributed by atoms with Gasteiger partial charge in [0.15, 0.2) is 15.7 Å². The molecule has 7 rings (SSSR count). The van der Waals surface area contributed by atoms with Crippen LogP contribution in [0.25, 0.3) is 22.0 Å². The van der Waals surface area contributed by atoms with Gasteiger partial charge in [-0.2, -0.15) is 19.0 Å². The first-order valence-corrected chi connectivity index (χ1v) is 22.9. The van der Waals surface area contributed by atoms with Crippen molar-refractivity contribution in [3.8, 4) is 23.0 Å². The van der Waals surface area contributed by atoms with Crippen molar-refractivity contribution in [2.75, 3.05) is 11.0 Å². The number of anilines is 1. The number of hydrogen-bond donors (Lipinski definition) is 2. The molecular formula is C40H36ClF8N7O5S2. The molecular weight excluding hydrogens is 910 g/mol. The average molecular weight is 946 g/mol. The van der Waals surface area contributed by atoms with Gasteiger partial charge in [0, 0.05) is 35.4 Å². The summed E-state index contributed by atoms with van der Waals surface area (Å²) in [4.78, 5) is 18.6. The molecule has 2 aliphatic carbocycles. The Labute approximate surface area is 360 Å². The van der Waals surface area contributed by atoms with Gasteiger partial charge >= 0.3 is 0 Å². The zero-order valence-electron chi connectivity index (χ0n) is 33.3. The third kappa shape index (κ3) is 9.50. The van der Waals surface area contributed by atoms with Crippen LogP contribution in [0.5, 0.6) is 0 Å². The lowest BCUT2D eigenvalue weighted by Crippen LogP contribution is -2.35. The number of benzene rings is 2. The minimum Gasteiger partial charge on any atom is -0.346 e. The molecule has 2 aromatic carbocycles. The molecule has 5 aromatic rings. The number of rotatable bonds is 14. The van der Waals surface area contributed by atoms with Gasteiger partial charge < -0.3 is 5.32 Å². The summed E-state index contributed by atoms with van der Waals surface area (Å²) in [6.45, 7) is 0.520. The highest BCUT2D eigenvalue weighted by Gasteiger charge is 2.46. The van der Waals surface area contributed by atoms with Crippen molar-refractivity contribution in [3.63, 3.8) is 0 Å². The number of alkyl halides is 6. The Balaban J connectivity index is 1.44. The fourth-order valence-corrected chi connectivity index (χ4v) is 9.01. The maximum Gasteiger partial charge on any atom is 0.290 e. The lowest BCUT2D eigenvalue weighted by Gasteiger charge is -2.23. The van der Waals surface area contributed by atoms with Crippen LogP contribution in [0.3, 0.4) is 0 Å². The zero-order chi connectivity index (χ0) is 46.0. The van der Waals surface area contributed by atoms with Crippen molar-refractivity contribution >= 4 is 54.1 Å². The second-order valence-electron chi connectivity index (χ2n) is 15.7. The number of sulfone groups is 1. The van der Waals surface area contributed by atoms with Crippen LogP contribution in [0, 0.1) is 23.5 Å².